The summed E-state index contributed by atoms with van der Waals surface area (Å²) in [4.78, 5) is 131. The highest BCUT2D eigenvalue weighted by Gasteiger charge is 2.30. The van der Waals surface area contributed by atoms with Gasteiger partial charge in [0.15, 0.2) is 0 Å². The van der Waals surface area contributed by atoms with Crippen molar-refractivity contribution in [2.75, 3.05) is 40.0 Å². The van der Waals surface area contributed by atoms with E-state index in [9.17, 15) is 47.9 Å². The van der Waals surface area contributed by atoms with Crippen LogP contribution in [0.1, 0.15) is 105 Å². The minimum absolute atomic E-state index is 0.0323. The van der Waals surface area contributed by atoms with Crippen LogP contribution in [0.2, 0.25) is 0 Å². The third-order valence-electron chi connectivity index (χ3n) is 14.0. The summed E-state index contributed by atoms with van der Waals surface area (Å²) in [6.07, 6.45) is 1.42. The molecular formula is C68H84N6O15. The van der Waals surface area contributed by atoms with Crippen molar-refractivity contribution in [3.63, 3.8) is 0 Å². The quantitative estimate of drug-likeness (QED) is 0.0139. The van der Waals surface area contributed by atoms with Crippen molar-refractivity contribution in [2.24, 2.45) is 0 Å². The molecule has 0 radical (unpaired) electrons. The molecule has 5 aromatic carbocycles. The van der Waals surface area contributed by atoms with Gasteiger partial charge in [0.2, 0.25) is 23.6 Å². The molecule has 21 nitrogen and oxygen atoms in total. The minimum atomic E-state index is -1.20. The van der Waals surface area contributed by atoms with Gasteiger partial charge < -0.3 is 60.4 Å². The average molecular weight is 1230 g/mol. The molecule has 5 aromatic rings. The summed E-state index contributed by atoms with van der Waals surface area (Å²) in [5.41, 5.74) is 4.02. The van der Waals surface area contributed by atoms with Gasteiger partial charge in [0.1, 0.15) is 42.6 Å². The van der Waals surface area contributed by atoms with E-state index in [0.29, 0.717) is 38.5 Å². The van der Waals surface area contributed by atoms with Crippen LogP contribution in [0, 0.1) is 0 Å². The molecule has 0 heterocycles. The second-order valence-corrected chi connectivity index (χ2v) is 21.3. The Morgan fingerprint density at radius 3 is 1.06 bits per heavy atom. The molecule has 0 fully saturated rings. The number of ether oxygens (including phenoxy) is 5. The van der Waals surface area contributed by atoms with Crippen molar-refractivity contribution in [2.45, 2.75) is 140 Å². The van der Waals surface area contributed by atoms with E-state index < -0.39 is 90.2 Å². The van der Waals surface area contributed by atoms with E-state index in [1.165, 1.54) is 6.92 Å². The lowest BCUT2D eigenvalue weighted by atomic mass is 10.0. The van der Waals surface area contributed by atoms with E-state index >= 15 is 0 Å². The molecule has 6 N–H and O–H groups in total. The SMILES string of the molecule is CNC(Cc1ccccc1)C(=O)OCCCCOC(=O)C(Cc1ccccc1)NC(=O)C(CCCCNC(=O)OCc1ccccc1)NC(=O)CCC(=O)NC(Cc1ccccc1)C(=O)OCCCCOC(=O)C(Cc1ccccc1)NC(=O)CCC(C)=O. The van der Waals surface area contributed by atoms with E-state index in [0.717, 1.165) is 27.8 Å². The Kier molecular flexibility index (Phi) is 32.5. The number of alkyl carbamates (subject to hydrolysis) is 1. The Hall–Kier alpha value is -9.24. The molecule has 0 aromatic heterocycles. The normalized spacial score (nSPS) is 12.5. The number of unbranched alkanes of at least 4 members (excludes halogenated alkanes) is 3. The first kappa shape index (κ1) is 70.5. The van der Waals surface area contributed by atoms with Crippen molar-refractivity contribution >= 4 is 59.4 Å². The number of rotatable bonds is 41. The molecule has 0 saturated heterocycles. The summed E-state index contributed by atoms with van der Waals surface area (Å²) in [5.74, 6) is -5.16. The summed E-state index contributed by atoms with van der Waals surface area (Å²) >= 11 is 0. The van der Waals surface area contributed by atoms with Gasteiger partial charge >= 0.3 is 30.0 Å². The van der Waals surface area contributed by atoms with Crippen molar-refractivity contribution in [1.82, 2.24) is 31.9 Å². The molecule has 476 valence electrons. The van der Waals surface area contributed by atoms with E-state index in [2.05, 4.69) is 31.9 Å². The number of benzene rings is 5. The molecule has 5 atom stereocenters. The lowest BCUT2D eigenvalue weighted by Gasteiger charge is -2.23. The first-order chi connectivity index (χ1) is 43.1. The van der Waals surface area contributed by atoms with Crippen LogP contribution in [-0.4, -0.2) is 130 Å². The minimum Gasteiger partial charge on any atom is -0.465 e. The fourth-order valence-corrected chi connectivity index (χ4v) is 9.08. The second-order valence-electron chi connectivity index (χ2n) is 21.3. The number of Topliss-reactive ketones (excluding diaryl/α,β-unsaturated/α-hetero) is 1. The van der Waals surface area contributed by atoms with Crippen molar-refractivity contribution in [1.29, 1.82) is 0 Å². The Labute approximate surface area is 520 Å². The molecule has 5 rings (SSSR count). The number of hydrogen-bond donors (Lipinski definition) is 6. The van der Waals surface area contributed by atoms with E-state index in [4.69, 9.17) is 23.7 Å². The number of esters is 4. The first-order valence-electron chi connectivity index (χ1n) is 30.3. The summed E-state index contributed by atoms with van der Waals surface area (Å²) < 4.78 is 27.6. The largest absolute Gasteiger partial charge is 0.465 e. The molecule has 21 heteroatoms. The van der Waals surface area contributed by atoms with Gasteiger partial charge in [-0.1, -0.05) is 152 Å². The topological polar surface area (TPSA) is 289 Å². The van der Waals surface area contributed by atoms with Crippen LogP contribution in [0.3, 0.4) is 0 Å². The van der Waals surface area contributed by atoms with Crippen LogP contribution < -0.4 is 31.9 Å². The maximum atomic E-state index is 14.3. The Morgan fingerprint density at radius 2 is 0.685 bits per heavy atom. The van der Waals surface area contributed by atoms with E-state index in [1.54, 1.807) is 61.6 Å². The number of amides is 5. The van der Waals surface area contributed by atoms with Gasteiger partial charge in [0.25, 0.3) is 0 Å². The van der Waals surface area contributed by atoms with Gasteiger partial charge in [-0.15, -0.1) is 0 Å². The standard InChI is InChI=1S/C68H84N6O15/c1-49(75)35-36-60(76)72-57(45-51-26-10-4-11-27-51)65(81)86-41-22-23-42-87-66(82)58(46-52-28-12-5-13-29-52)73-62(78)38-37-61(77)71-55(34-18-19-39-70-68(84)89-48-54-32-16-7-17-33-54)63(79)74-59(47-53-30-14-6-15-31-53)67(83)88-43-21-20-40-85-64(80)56(69-2)44-50-24-8-3-9-25-50/h3-17,24-33,55-59,69H,18-23,34-48H2,1-2H3,(H,70,84)(H,71,77)(H,72,76)(H,73,78)(H,74,79). The second kappa shape index (κ2) is 41.0. The summed E-state index contributed by atoms with van der Waals surface area (Å²) in [6.45, 7) is 1.58. The maximum Gasteiger partial charge on any atom is 0.407 e. The molecule has 0 aliphatic rings. The third kappa shape index (κ3) is 29.3. The van der Waals surface area contributed by atoms with Crippen molar-refractivity contribution in [3.8, 4) is 0 Å². The highest BCUT2D eigenvalue weighted by molar-refractivity contribution is 5.92. The smallest absolute Gasteiger partial charge is 0.407 e. The van der Waals surface area contributed by atoms with Gasteiger partial charge in [-0.05, 0) is 93.2 Å². The predicted molar refractivity (Wildman–Crippen MR) is 331 cm³/mol. The van der Waals surface area contributed by atoms with E-state index in [-0.39, 0.29) is 96.7 Å². The number of carbonyl (C=O) groups is 10. The molecule has 0 aliphatic heterocycles. The Balaban J connectivity index is 1.15. The van der Waals surface area contributed by atoms with Crippen LogP contribution in [0.25, 0.3) is 0 Å². The van der Waals surface area contributed by atoms with Crippen LogP contribution in [0.5, 0.6) is 0 Å². The number of hydrogen-bond acceptors (Lipinski definition) is 16. The maximum absolute atomic E-state index is 14.3. The number of carbonyl (C=O) groups excluding carboxylic acids is 10. The van der Waals surface area contributed by atoms with Crippen molar-refractivity contribution in [3.05, 3.63) is 179 Å². The molecule has 0 bridgehead atoms. The molecular weight excluding hydrogens is 1140 g/mol. The molecule has 5 amide bonds. The van der Waals surface area contributed by atoms with Gasteiger partial charge in [-0.3, -0.25) is 24.0 Å². The molecule has 0 saturated carbocycles. The predicted octanol–water partition coefficient (Wildman–Crippen LogP) is 6.46. The number of likely N-dealkylation sites (N-methyl/N-ethyl adjacent to an activating group) is 1. The number of nitrogens with one attached hydrogen (secondary N) is 6. The van der Waals surface area contributed by atoms with Crippen LogP contribution in [-0.2, 0) is 99.1 Å². The van der Waals surface area contributed by atoms with E-state index in [1.807, 2.05) is 97.1 Å². The fraction of sp³-hybridized carbons (Fsp3) is 0.412. The van der Waals surface area contributed by atoms with Gasteiger partial charge in [-0.2, -0.15) is 0 Å². The molecule has 0 aliphatic carbocycles. The Bertz CT molecular complexity index is 2980. The highest BCUT2D eigenvalue weighted by Crippen LogP contribution is 2.13. The fourth-order valence-electron chi connectivity index (χ4n) is 9.08. The Morgan fingerprint density at radius 1 is 0.360 bits per heavy atom. The number of ketones is 1. The van der Waals surface area contributed by atoms with Crippen LogP contribution in [0.15, 0.2) is 152 Å². The lowest BCUT2D eigenvalue weighted by Crippen LogP contribution is -2.52. The zero-order chi connectivity index (χ0) is 63.9. The average Bonchev–Trinajstić information content (AvgIpc) is 3.57. The van der Waals surface area contributed by atoms with Crippen LogP contribution >= 0.6 is 0 Å². The highest BCUT2D eigenvalue weighted by atomic mass is 16.6. The first-order valence-corrected chi connectivity index (χ1v) is 30.3. The zero-order valence-electron chi connectivity index (χ0n) is 50.8. The zero-order valence-corrected chi connectivity index (χ0v) is 50.8. The van der Waals surface area contributed by atoms with Gasteiger partial charge in [0, 0.05) is 51.5 Å². The molecule has 5 unspecified atom stereocenters. The third-order valence-corrected chi connectivity index (χ3v) is 14.0. The molecule has 0 spiro atoms. The lowest BCUT2D eigenvalue weighted by molar-refractivity contribution is -0.150. The monoisotopic (exact) mass is 1220 g/mol. The van der Waals surface area contributed by atoms with Crippen LogP contribution in [0.4, 0.5) is 4.79 Å². The van der Waals surface area contributed by atoms with Gasteiger partial charge in [0.05, 0.1) is 26.4 Å². The summed E-state index contributed by atoms with van der Waals surface area (Å²) in [6, 6.07) is 40.6. The molecule has 89 heavy (non-hydrogen) atoms. The van der Waals surface area contributed by atoms with Gasteiger partial charge in [-0.25, -0.2) is 19.2 Å². The summed E-state index contributed by atoms with van der Waals surface area (Å²) in [5, 5.41) is 16.6. The van der Waals surface area contributed by atoms with Crippen molar-refractivity contribution < 1.29 is 71.6 Å². The summed E-state index contributed by atoms with van der Waals surface area (Å²) in [7, 11) is 1.69.